The summed E-state index contributed by atoms with van der Waals surface area (Å²) in [5.74, 6) is -0.496. The number of aromatic nitrogens is 2. The zero-order chi connectivity index (χ0) is 21.1. The van der Waals surface area contributed by atoms with Gasteiger partial charge in [0.25, 0.3) is 10.0 Å². The SMILES string of the molecule is COC(=O)c1ncc2c(ccn2S(=O)(=O)c2ccccc2)c1OCc1ccccc1. The summed E-state index contributed by atoms with van der Waals surface area (Å²) in [6.07, 6.45) is 2.75. The second kappa shape index (κ2) is 8.00. The molecule has 2 aromatic heterocycles. The molecule has 2 aromatic carbocycles. The molecule has 0 unspecified atom stereocenters. The van der Waals surface area contributed by atoms with Crippen molar-refractivity contribution < 1.29 is 22.7 Å². The molecular weight excluding hydrogens is 404 g/mol. The Kier molecular flexibility index (Phi) is 5.24. The van der Waals surface area contributed by atoms with E-state index in [1.165, 1.54) is 31.6 Å². The number of benzene rings is 2. The number of hydrogen-bond donors (Lipinski definition) is 0. The van der Waals surface area contributed by atoms with Gasteiger partial charge in [-0.2, -0.15) is 0 Å². The Morgan fingerprint density at radius 2 is 1.67 bits per heavy atom. The van der Waals surface area contributed by atoms with E-state index < -0.39 is 16.0 Å². The van der Waals surface area contributed by atoms with E-state index in [0.717, 1.165) is 9.54 Å². The monoisotopic (exact) mass is 422 g/mol. The van der Waals surface area contributed by atoms with Crippen molar-refractivity contribution in [3.8, 4) is 5.75 Å². The predicted molar refractivity (Wildman–Crippen MR) is 111 cm³/mol. The first-order chi connectivity index (χ1) is 14.5. The van der Waals surface area contributed by atoms with E-state index >= 15 is 0 Å². The van der Waals surface area contributed by atoms with Crippen LogP contribution in [0.25, 0.3) is 10.9 Å². The zero-order valence-corrected chi connectivity index (χ0v) is 16.9. The average Bonchev–Trinajstić information content (AvgIpc) is 3.23. The molecule has 0 aliphatic carbocycles. The van der Waals surface area contributed by atoms with Crippen LogP contribution in [0.5, 0.6) is 5.75 Å². The van der Waals surface area contributed by atoms with Crippen LogP contribution in [-0.2, 0) is 21.4 Å². The van der Waals surface area contributed by atoms with E-state index in [9.17, 15) is 13.2 Å². The van der Waals surface area contributed by atoms with E-state index in [4.69, 9.17) is 9.47 Å². The molecule has 0 fully saturated rings. The Balaban J connectivity index is 1.83. The first-order valence-corrected chi connectivity index (χ1v) is 10.5. The quantitative estimate of drug-likeness (QED) is 0.441. The van der Waals surface area contributed by atoms with Crippen LogP contribution in [0.1, 0.15) is 16.1 Å². The molecular formula is C22H18N2O5S. The fourth-order valence-corrected chi connectivity index (χ4v) is 4.44. The first kappa shape index (κ1) is 19.7. The molecule has 0 bridgehead atoms. The van der Waals surface area contributed by atoms with Crippen molar-refractivity contribution in [2.75, 3.05) is 7.11 Å². The van der Waals surface area contributed by atoms with Gasteiger partial charge in [0.15, 0.2) is 11.4 Å². The van der Waals surface area contributed by atoms with Crippen molar-refractivity contribution in [3.05, 3.63) is 90.4 Å². The van der Waals surface area contributed by atoms with Gasteiger partial charge in [-0.25, -0.2) is 22.2 Å². The molecule has 4 aromatic rings. The molecule has 0 atom stereocenters. The Morgan fingerprint density at radius 3 is 2.33 bits per heavy atom. The summed E-state index contributed by atoms with van der Waals surface area (Å²) < 4.78 is 38.0. The second-order valence-electron chi connectivity index (χ2n) is 6.43. The van der Waals surface area contributed by atoms with Crippen molar-refractivity contribution in [3.63, 3.8) is 0 Å². The standard InChI is InChI=1S/C22H18N2O5S/c1-28-22(25)20-21(29-15-16-8-4-2-5-9-16)18-12-13-24(19(18)14-23-20)30(26,27)17-10-6-3-7-11-17/h2-14H,15H2,1H3. The number of pyridine rings is 1. The summed E-state index contributed by atoms with van der Waals surface area (Å²) in [6.45, 7) is 0.183. The lowest BCUT2D eigenvalue weighted by molar-refractivity contribution is 0.0589. The number of esters is 1. The Bertz CT molecular complexity index is 1300. The average molecular weight is 422 g/mol. The van der Waals surface area contributed by atoms with Crippen LogP contribution in [0.2, 0.25) is 0 Å². The molecule has 152 valence electrons. The highest BCUT2D eigenvalue weighted by molar-refractivity contribution is 7.90. The molecule has 0 aliphatic heterocycles. The van der Waals surface area contributed by atoms with Crippen LogP contribution in [0, 0.1) is 0 Å². The maximum Gasteiger partial charge on any atom is 0.360 e. The zero-order valence-electron chi connectivity index (χ0n) is 16.1. The van der Waals surface area contributed by atoms with Crippen molar-refractivity contribution in [1.29, 1.82) is 0 Å². The van der Waals surface area contributed by atoms with Gasteiger partial charge >= 0.3 is 5.97 Å². The Morgan fingerprint density at radius 1 is 1.00 bits per heavy atom. The number of nitrogens with zero attached hydrogens (tertiary/aromatic N) is 2. The van der Waals surface area contributed by atoms with Gasteiger partial charge in [0.05, 0.1) is 23.7 Å². The lowest BCUT2D eigenvalue weighted by Crippen LogP contribution is -2.13. The molecule has 0 radical (unpaired) electrons. The Labute approximate surface area is 173 Å². The van der Waals surface area contributed by atoms with Crippen LogP contribution in [0.15, 0.2) is 84.0 Å². The highest BCUT2D eigenvalue weighted by Gasteiger charge is 2.24. The third kappa shape index (κ3) is 3.53. The predicted octanol–water partition coefficient (Wildman–Crippen LogP) is 3.64. The molecule has 4 rings (SSSR count). The van der Waals surface area contributed by atoms with Crippen molar-refractivity contribution in [1.82, 2.24) is 8.96 Å². The van der Waals surface area contributed by atoms with Crippen molar-refractivity contribution in [2.45, 2.75) is 11.5 Å². The summed E-state index contributed by atoms with van der Waals surface area (Å²) in [5, 5.41) is 0.445. The van der Waals surface area contributed by atoms with Gasteiger partial charge in [-0.1, -0.05) is 48.5 Å². The minimum atomic E-state index is -3.84. The van der Waals surface area contributed by atoms with Gasteiger partial charge in [0.2, 0.25) is 0 Å². The topological polar surface area (TPSA) is 87.5 Å². The van der Waals surface area contributed by atoms with E-state index in [1.807, 2.05) is 30.3 Å². The summed E-state index contributed by atoms with van der Waals surface area (Å²) >= 11 is 0. The lowest BCUT2D eigenvalue weighted by atomic mass is 10.2. The van der Waals surface area contributed by atoms with Gasteiger partial charge in [0.1, 0.15) is 6.61 Å². The summed E-state index contributed by atoms with van der Waals surface area (Å²) in [7, 11) is -2.59. The molecule has 0 amide bonds. The van der Waals surface area contributed by atoms with Gasteiger partial charge < -0.3 is 9.47 Å². The van der Waals surface area contributed by atoms with E-state index in [1.54, 1.807) is 24.3 Å². The van der Waals surface area contributed by atoms with Gasteiger partial charge in [-0.15, -0.1) is 0 Å². The minimum Gasteiger partial charge on any atom is -0.486 e. The Hall–Kier alpha value is -3.65. The molecule has 0 N–H and O–H groups in total. The molecule has 2 heterocycles. The number of methoxy groups -OCH3 is 1. The van der Waals surface area contributed by atoms with Gasteiger partial charge in [0, 0.05) is 11.6 Å². The number of rotatable bonds is 6. The first-order valence-electron chi connectivity index (χ1n) is 9.08. The summed E-state index contributed by atoms with van der Waals surface area (Å²) in [4.78, 5) is 16.5. The molecule has 30 heavy (non-hydrogen) atoms. The van der Waals surface area contributed by atoms with Gasteiger partial charge in [-0.05, 0) is 23.8 Å². The number of ether oxygens (including phenoxy) is 2. The summed E-state index contributed by atoms with van der Waals surface area (Å²) in [5.41, 5.74) is 1.17. The molecule has 0 saturated heterocycles. The van der Waals surface area contributed by atoms with Crippen LogP contribution in [0.4, 0.5) is 0 Å². The lowest BCUT2D eigenvalue weighted by Gasteiger charge is -2.12. The largest absolute Gasteiger partial charge is 0.486 e. The van der Waals surface area contributed by atoms with E-state index in [2.05, 4.69) is 4.98 Å². The maximum atomic E-state index is 13.1. The van der Waals surface area contributed by atoms with Crippen LogP contribution in [-0.4, -0.2) is 30.5 Å². The number of carbonyl (C=O) groups excluding carboxylic acids is 1. The molecule has 8 heteroatoms. The number of carbonyl (C=O) groups is 1. The van der Waals surface area contributed by atoms with Crippen molar-refractivity contribution in [2.24, 2.45) is 0 Å². The maximum absolute atomic E-state index is 13.1. The van der Waals surface area contributed by atoms with Gasteiger partial charge in [-0.3, -0.25) is 0 Å². The fraction of sp³-hybridized carbons (Fsp3) is 0.0909. The number of hydrogen-bond acceptors (Lipinski definition) is 6. The summed E-state index contributed by atoms with van der Waals surface area (Å²) in [6, 6.07) is 19.1. The number of fused-ring (bicyclic) bond motifs is 1. The molecule has 0 spiro atoms. The normalized spacial score (nSPS) is 11.4. The van der Waals surface area contributed by atoms with E-state index in [0.29, 0.717) is 10.9 Å². The molecule has 0 saturated carbocycles. The minimum absolute atomic E-state index is 0.0178. The highest BCUT2D eigenvalue weighted by Crippen LogP contribution is 2.32. The molecule has 0 aliphatic rings. The second-order valence-corrected chi connectivity index (χ2v) is 8.25. The van der Waals surface area contributed by atoms with E-state index in [-0.39, 0.29) is 22.9 Å². The third-order valence-corrected chi connectivity index (χ3v) is 6.27. The van der Waals surface area contributed by atoms with Crippen molar-refractivity contribution >= 4 is 26.9 Å². The van der Waals surface area contributed by atoms with Crippen LogP contribution in [0.3, 0.4) is 0 Å². The smallest absolute Gasteiger partial charge is 0.360 e. The third-order valence-electron chi connectivity index (χ3n) is 4.57. The molecule has 7 nitrogen and oxygen atoms in total. The highest BCUT2D eigenvalue weighted by atomic mass is 32.2. The van der Waals surface area contributed by atoms with Crippen LogP contribution < -0.4 is 4.74 Å². The van der Waals surface area contributed by atoms with Crippen LogP contribution >= 0.6 is 0 Å². The fourth-order valence-electron chi connectivity index (χ4n) is 3.09.